The molecule has 0 radical (unpaired) electrons. The lowest BCUT2D eigenvalue weighted by atomic mass is 9.97. The highest BCUT2D eigenvalue weighted by Gasteiger charge is 2.34. The van der Waals surface area contributed by atoms with Gasteiger partial charge in [0, 0.05) is 19.2 Å². The first-order valence-electron chi connectivity index (χ1n) is 10.7. The molecule has 3 heterocycles. The molecular formula is C22H25N7O2. The first-order valence-corrected chi connectivity index (χ1v) is 10.7. The van der Waals surface area contributed by atoms with Crippen molar-refractivity contribution < 1.29 is 9.59 Å². The van der Waals surface area contributed by atoms with Crippen LogP contribution in [0.1, 0.15) is 46.7 Å². The Morgan fingerprint density at radius 1 is 1.16 bits per heavy atom. The molecule has 0 bridgehead atoms. The number of rotatable bonds is 4. The van der Waals surface area contributed by atoms with Crippen molar-refractivity contribution in [2.75, 3.05) is 11.9 Å². The van der Waals surface area contributed by atoms with Crippen LogP contribution in [0, 0.1) is 0 Å². The van der Waals surface area contributed by atoms with Gasteiger partial charge in [0.2, 0.25) is 5.82 Å². The lowest BCUT2D eigenvalue weighted by Gasteiger charge is -2.22. The molecule has 0 saturated carbocycles. The van der Waals surface area contributed by atoms with E-state index in [1.807, 2.05) is 35.0 Å². The van der Waals surface area contributed by atoms with Crippen LogP contribution in [0.25, 0.3) is 0 Å². The van der Waals surface area contributed by atoms with E-state index in [0.29, 0.717) is 19.5 Å². The topological polar surface area (TPSA) is 97.9 Å². The molecule has 9 heteroatoms. The van der Waals surface area contributed by atoms with E-state index in [1.54, 1.807) is 16.6 Å². The minimum atomic E-state index is -0.639. The molecule has 31 heavy (non-hydrogen) atoms. The molecule has 1 N–H and O–H groups in total. The third-order valence-corrected chi connectivity index (χ3v) is 6.00. The van der Waals surface area contributed by atoms with Gasteiger partial charge in [0.05, 0.1) is 12.2 Å². The van der Waals surface area contributed by atoms with Crippen LogP contribution in [0.5, 0.6) is 0 Å². The van der Waals surface area contributed by atoms with E-state index < -0.39 is 11.9 Å². The number of benzene rings is 1. The molecule has 1 aromatic carbocycles. The highest BCUT2D eigenvalue weighted by atomic mass is 16.2. The molecule has 2 aliphatic rings. The normalized spacial score (nSPS) is 18.3. The van der Waals surface area contributed by atoms with Crippen LogP contribution >= 0.6 is 0 Å². The number of aryl methyl sites for hydroxylation is 2. The molecule has 2 aromatic heterocycles. The molecule has 160 valence electrons. The van der Waals surface area contributed by atoms with E-state index in [1.165, 1.54) is 11.9 Å². The molecule has 5 rings (SSSR count). The van der Waals surface area contributed by atoms with Crippen LogP contribution in [-0.4, -0.2) is 49.4 Å². The van der Waals surface area contributed by atoms with E-state index in [2.05, 4.69) is 15.4 Å². The average Bonchev–Trinajstić information content (AvgIpc) is 3.38. The summed E-state index contributed by atoms with van der Waals surface area (Å²) >= 11 is 0. The summed E-state index contributed by atoms with van der Waals surface area (Å²) in [5.41, 5.74) is 3.35. The summed E-state index contributed by atoms with van der Waals surface area (Å²) in [7, 11) is 1.77. The van der Waals surface area contributed by atoms with E-state index in [9.17, 15) is 9.59 Å². The number of fused-ring (bicyclic) bond motifs is 3. The fourth-order valence-corrected chi connectivity index (χ4v) is 4.44. The number of likely N-dealkylation sites (N-methyl/N-ethyl adjacent to an activating group) is 1. The number of nitrogens with one attached hydrogen (secondary N) is 1. The van der Waals surface area contributed by atoms with Gasteiger partial charge in [-0.1, -0.05) is 30.3 Å². The van der Waals surface area contributed by atoms with Gasteiger partial charge in [-0.3, -0.25) is 14.5 Å². The molecule has 9 nitrogen and oxygen atoms in total. The van der Waals surface area contributed by atoms with Crippen molar-refractivity contribution in [1.82, 2.24) is 29.9 Å². The molecule has 0 spiro atoms. The summed E-state index contributed by atoms with van der Waals surface area (Å²) in [5.74, 6) is 0.358. The monoisotopic (exact) mass is 419 g/mol. The van der Waals surface area contributed by atoms with Gasteiger partial charge in [-0.2, -0.15) is 5.10 Å². The van der Waals surface area contributed by atoms with Crippen LogP contribution < -0.4 is 10.2 Å². The van der Waals surface area contributed by atoms with Crippen LogP contribution in [0.2, 0.25) is 0 Å². The number of hydrogen-bond donors (Lipinski definition) is 1. The van der Waals surface area contributed by atoms with Gasteiger partial charge in [0.25, 0.3) is 11.8 Å². The maximum Gasteiger partial charge on any atom is 0.291 e. The summed E-state index contributed by atoms with van der Waals surface area (Å²) < 4.78 is 3.54. The third-order valence-electron chi connectivity index (χ3n) is 6.00. The van der Waals surface area contributed by atoms with E-state index >= 15 is 0 Å². The highest BCUT2D eigenvalue weighted by Crippen LogP contribution is 2.32. The van der Waals surface area contributed by atoms with Crippen molar-refractivity contribution in [3.63, 3.8) is 0 Å². The summed E-state index contributed by atoms with van der Waals surface area (Å²) in [6.07, 6.45) is 6.18. The quantitative estimate of drug-likeness (QED) is 0.692. The number of carbonyl (C=O) groups excluding carboxylic acids is 2. The van der Waals surface area contributed by atoms with Gasteiger partial charge in [-0.15, -0.1) is 5.10 Å². The molecule has 3 aromatic rings. The number of nitrogens with zero attached hydrogens (tertiary/aromatic N) is 6. The minimum Gasteiger partial charge on any atom is -0.337 e. The van der Waals surface area contributed by atoms with E-state index in [-0.39, 0.29) is 11.7 Å². The van der Waals surface area contributed by atoms with Crippen molar-refractivity contribution in [3.05, 3.63) is 59.3 Å². The van der Waals surface area contributed by atoms with Crippen molar-refractivity contribution in [2.45, 2.75) is 51.2 Å². The number of anilines is 1. The first-order chi connectivity index (χ1) is 15.1. The zero-order valence-electron chi connectivity index (χ0n) is 17.5. The maximum atomic E-state index is 13.1. The Hall–Kier alpha value is -3.49. The zero-order chi connectivity index (χ0) is 21.4. The second kappa shape index (κ2) is 7.98. The number of amides is 2. The Kier molecular flexibility index (Phi) is 5.01. The fourth-order valence-electron chi connectivity index (χ4n) is 4.44. The number of carbonyl (C=O) groups is 2. The van der Waals surface area contributed by atoms with Crippen LogP contribution in [0.4, 0.5) is 5.82 Å². The lowest BCUT2D eigenvalue weighted by molar-refractivity contribution is -0.120. The van der Waals surface area contributed by atoms with E-state index in [4.69, 9.17) is 5.10 Å². The predicted octanol–water partition coefficient (Wildman–Crippen LogP) is 1.57. The Morgan fingerprint density at radius 2 is 1.97 bits per heavy atom. The van der Waals surface area contributed by atoms with Gasteiger partial charge in [-0.25, -0.2) is 14.3 Å². The maximum absolute atomic E-state index is 13.1. The molecule has 2 amide bonds. The number of aromatic nitrogens is 5. The van der Waals surface area contributed by atoms with Crippen molar-refractivity contribution in [2.24, 2.45) is 0 Å². The molecule has 1 unspecified atom stereocenters. The average molecular weight is 419 g/mol. The predicted molar refractivity (Wildman–Crippen MR) is 114 cm³/mol. The Balaban J connectivity index is 1.29. The Labute approximate surface area is 180 Å². The SMILES string of the molecule is CN1C(=O)C(NC(=O)c2ncn(Cc3ccccc3)n2)CCn2nc3c(c21)CCCC3. The standard InChI is InChI=1S/C22H25N7O2/c1-27-21-16-9-5-6-10-17(16)25-29(21)12-11-18(22(27)31)24-20(30)19-23-14-28(26-19)13-15-7-3-2-4-8-15/h2-4,7-8,14,18H,5-6,9-13H2,1H3,(H,24,30). The summed E-state index contributed by atoms with van der Waals surface area (Å²) in [5, 5.41) is 11.8. The molecule has 0 fully saturated rings. The molecule has 1 aliphatic carbocycles. The molecule has 0 saturated heterocycles. The fraction of sp³-hybridized carbons (Fsp3) is 0.409. The number of hydrogen-bond acceptors (Lipinski definition) is 5. The molecule has 1 aliphatic heterocycles. The summed E-state index contributed by atoms with van der Waals surface area (Å²) in [6, 6.07) is 9.20. The summed E-state index contributed by atoms with van der Waals surface area (Å²) in [6.45, 7) is 1.11. The van der Waals surface area contributed by atoms with Crippen molar-refractivity contribution in [1.29, 1.82) is 0 Å². The largest absolute Gasteiger partial charge is 0.337 e. The summed E-state index contributed by atoms with van der Waals surface area (Å²) in [4.78, 5) is 31.7. The Morgan fingerprint density at radius 3 is 2.81 bits per heavy atom. The first kappa shape index (κ1) is 19.5. The van der Waals surface area contributed by atoms with Gasteiger partial charge in [0.15, 0.2) is 0 Å². The lowest BCUT2D eigenvalue weighted by Crippen LogP contribution is -2.47. The molecular weight excluding hydrogens is 394 g/mol. The highest BCUT2D eigenvalue weighted by molar-refractivity contribution is 6.01. The zero-order valence-corrected chi connectivity index (χ0v) is 17.5. The third kappa shape index (κ3) is 3.71. The smallest absolute Gasteiger partial charge is 0.291 e. The van der Waals surface area contributed by atoms with Gasteiger partial charge < -0.3 is 5.32 Å². The van der Waals surface area contributed by atoms with Gasteiger partial charge >= 0.3 is 0 Å². The second-order valence-electron chi connectivity index (χ2n) is 8.14. The van der Waals surface area contributed by atoms with Crippen LogP contribution in [0.15, 0.2) is 36.7 Å². The van der Waals surface area contributed by atoms with Crippen LogP contribution in [-0.2, 0) is 30.7 Å². The Bertz CT molecular complexity index is 1120. The van der Waals surface area contributed by atoms with Gasteiger partial charge in [0.1, 0.15) is 18.2 Å². The van der Waals surface area contributed by atoms with Crippen molar-refractivity contribution in [3.8, 4) is 0 Å². The molecule has 1 atom stereocenters. The van der Waals surface area contributed by atoms with Gasteiger partial charge in [-0.05, 0) is 37.7 Å². The van der Waals surface area contributed by atoms with Crippen LogP contribution in [0.3, 0.4) is 0 Å². The minimum absolute atomic E-state index is 0.0609. The second-order valence-corrected chi connectivity index (χ2v) is 8.14. The van der Waals surface area contributed by atoms with E-state index in [0.717, 1.165) is 42.8 Å². The van der Waals surface area contributed by atoms with Crippen molar-refractivity contribution >= 4 is 17.6 Å².